The largest absolute Gasteiger partial charge is 0.350 e. The Morgan fingerprint density at radius 1 is 1.13 bits per heavy atom. The van der Waals surface area contributed by atoms with Crippen LogP contribution in [0.2, 0.25) is 0 Å². The number of aromatic nitrogens is 1. The number of hydrogen-bond donors (Lipinski definition) is 1. The molecule has 0 aliphatic rings. The van der Waals surface area contributed by atoms with E-state index >= 15 is 0 Å². The van der Waals surface area contributed by atoms with Crippen LogP contribution in [0.5, 0.6) is 0 Å². The van der Waals surface area contributed by atoms with Gasteiger partial charge in [0.15, 0.2) is 0 Å². The molecule has 3 nitrogen and oxygen atoms in total. The summed E-state index contributed by atoms with van der Waals surface area (Å²) in [7, 11) is 1.91. The maximum Gasteiger partial charge on any atom is 0.268 e. The van der Waals surface area contributed by atoms with E-state index in [1.54, 1.807) is 12.1 Å². The smallest absolute Gasteiger partial charge is 0.268 e. The highest BCUT2D eigenvalue weighted by Gasteiger charge is 2.17. The van der Waals surface area contributed by atoms with Gasteiger partial charge in [0.1, 0.15) is 11.5 Å². The Hall–Kier alpha value is -2.62. The topological polar surface area (TPSA) is 34.0 Å². The second-order valence-electron chi connectivity index (χ2n) is 5.68. The number of nitrogens with zero attached hydrogens (tertiary/aromatic N) is 1. The molecule has 0 aliphatic heterocycles. The summed E-state index contributed by atoms with van der Waals surface area (Å²) in [5.74, 6) is -0.327. The van der Waals surface area contributed by atoms with Gasteiger partial charge < -0.3 is 9.88 Å². The number of aryl methyl sites for hydroxylation is 2. The van der Waals surface area contributed by atoms with E-state index in [4.69, 9.17) is 0 Å². The molecule has 118 valence electrons. The van der Waals surface area contributed by atoms with Gasteiger partial charge >= 0.3 is 0 Å². The van der Waals surface area contributed by atoms with Crippen LogP contribution < -0.4 is 5.32 Å². The third kappa shape index (κ3) is 2.97. The Balaban J connectivity index is 1.72. The molecule has 3 aromatic rings. The van der Waals surface area contributed by atoms with Crippen LogP contribution >= 0.6 is 0 Å². The Kier molecular flexibility index (Phi) is 4.15. The minimum atomic E-state index is -0.246. The van der Waals surface area contributed by atoms with Gasteiger partial charge in [0.2, 0.25) is 0 Å². The molecule has 0 bridgehead atoms. The Labute approximate surface area is 134 Å². The standard InChI is InChI=1S/C19H19FN2O/c1-13-16-5-3-4-6-17(16)22(2)18(13)19(23)21-12-11-14-7-9-15(20)10-8-14/h3-10H,11-12H2,1-2H3,(H,21,23). The molecule has 0 aliphatic carbocycles. The number of rotatable bonds is 4. The first kappa shape index (κ1) is 15.3. The van der Waals surface area contributed by atoms with Gasteiger partial charge in [0.25, 0.3) is 5.91 Å². The summed E-state index contributed by atoms with van der Waals surface area (Å²) in [6.07, 6.45) is 0.676. The van der Waals surface area contributed by atoms with Crippen molar-refractivity contribution in [3.05, 3.63) is 71.2 Å². The quantitative estimate of drug-likeness (QED) is 0.785. The summed E-state index contributed by atoms with van der Waals surface area (Å²) in [6.45, 7) is 2.49. The van der Waals surface area contributed by atoms with E-state index in [0.717, 1.165) is 22.0 Å². The third-order valence-corrected chi connectivity index (χ3v) is 4.19. The molecule has 1 amide bonds. The van der Waals surface area contributed by atoms with Gasteiger partial charge in [0, 0.05) is 24.5 Å². The maximum absolute atomic E-state index is 12.9. The number of amides is 1. The Bertz CT molecular complexity index is 811. The molecular formula is C19H19FN2O. The van der Waals surface area contributed by atoms with Gasteiger partial charge in [-0.05, 0) is 42.7 Å². The Morgan fingerprint density at radius 3 is 2.52 bits per heavy atom. The highest BCUT2D eigenvalue weighted by Crippen LogP contribution is 2.24. The molecule has 23 heavy (non-hydrogen) atoms. The first-order chi connectivity index (χ1) is 11.1. The second kappa shape index (κ2) is 6.24. The highest BCUT2D eigenvalue weighted by atomic mass is 19.1. The zero-order valence-corrected chi connectivity index (χ0v) is 13.3. The number of fused-ring (bicyclic) bond motifs is 1. The van der Waals surface area contributed by atoms with E-state index in [2.05, 4.69) is 5.32 Å². The molecule has 0 radical (unpaired) electrons. The number of carbonyl (C=O) groups is 1. The van der Waals surface area contributed by atoms with Crippen LogP contribution in [0.15, 0.2) is 48.5 Å². The lowest BCUT2D eigenvalue weighted by atomic mass is 10.1. The van der Waals surface area contributed by atoms with E-state index < -0.39 is 0 Å². The molecule has 0 fully saturated rings. The van der Waals surface area contributed by atoms with Crippen molar-refractivity contribution in [2.75, 3.05) is 6.54 Å². The van der Waals surface area contributed by atoms with Gasteiger partial charge in [-0.15, -0.1) is 0 Å². The fourth-order valence-corrected chi connectivity index (χ4v) is 2.96. The zero-order chi connectivity index (χ0) is 16.4. The number of carbonyl (C=O) groups excluding carboxylic acids is 1. The van der Waals surface area contributed by atoms with E-state index in [1.165, 1.54) is 12.1 Å². The highest BCUT2D eigenvalue weighted by molar-refractivity contribution is 6.01. The molecule has 1 heterocycles. The van der Waals surface area contributed by atoms with Crippen LogP contribution in [0, 0.1) is 12.7 Å². The first-order valence-electron chi connectivity index (χ1n) is 7.64. The van der Waals surface area contributed by atoms with Gasteiger partial charge in [-0.2, -0.15) is 0 Å². The van der Waals surface area contributed by atoms with Crippen LogP contribution in [-0.2, 0) is 13.5 Å². The second-order valence-corrected chi connectivity index (χ2v) is 5.68. The average Bonchev–Trinajstić information content (AvgIpc) is 2.81. The number of benzene rings is 2. The molecule has 4 heteroatoms. The summed E-state index contributed by atoms with van der Waals surface area (Å²) >= 11 is 0. The summed E-state index contributed by atoms with van der Waals surface area (Å²) in [4.78, 5) is 12.5. The van der Waals surface area contributed by atoms with Crippen molar-refractivity contribution < 1.29 is 9.18 Å². The summed E-state index contributed by atoms with van der Waals surface area (Å²) in [5.41, 5.74) is 3.72. The third-order valence-electron chi connectivity index (χ3n) is 4.19. The maximum atomic E-state index is 12.9. The van der Waals surface area contributed by atoms with Crippen LogP contribution in [0.1, 0.15) is 21.6 Å². The minimum absolute atomic E-state index is 0.0803. The lowest BCUT2D eigenvalue weighted by Gasteiger charge is -2.08. The molecular weight excluding hydrogens is 291 g/mol. The molecule has 0 unspecified atom stereocenters. The summed E-state index contributed by atoms with van der Waals surface area (Å²) in [5, 5.41) is 4.05. The number of halogens is 1. The zero-order valence-electron chi connectivity index (χ0n) is 13.3. The van der Waals surface area contributed by atoms with Gasteiger partial charge in [-0.3, -0.25) is 4.79 Å². The molecule has 0 saturated carbocycles. The molecule has 3 rings (SSSR count). The monoisotopic (exact) mass is 310 g/mol. The van der Waals surface area contributed by atoms with Crippen molar-refractivity contribution in [2.24, 2.45) is 7.05 Å². The fourth-order valence-electron chi connectivity index (χ4n) is 2.96. The van der Waals surface area contributed by atoms with Crippen LogP contribution in [0.3, 0.4) is 0 Å². The summed E-state index contributed by atoms with van der Waals surface area (Å²) in [6, 6.07) is 14.3. The van der Waals surface area contributed by atoms with Crippen molar-refractivity contribution in [2.45, 2.75) is 13.3 Å². The molecule has 0 saturated heterocycles. The number of para-hydroxylation sites is 1. The number of nitrogens with one attached hydrogen (secondary N) is 1. The van der Waals surface area contributed by atoms with E-state index in [1.807, 2.05) is 42.8 Å². The predicted octanol–water partition coefficient (Wildman–Crippen LogP) is 3.60. The predicted molar refractivity (Wildman–Crippen MR) is 90.1 cm³/mol. The molecule has 0 atom stereocenters. The van der Waals surface area contributed by atoms with Crippen molar-refractivity contribution >= 4 is 16.8 Å². The van der Waals surface area contributed by atoms with Gasteiger partial charge in [-0.1, -0.05) is 30.3 Å². The molecule has 1 N–H and O–H groups in total. The Morgan fingerprint density at radius 2 is 1.83 bits per heavy atom. The SMILES string of the molecule is Cc1c(C(=O)NCCc2ccc(F)cc2)n(C)c2ccccc12. The van der Waals surface area contributed by atoms with Gasteiger partial charge in [0.05, 0.1) is 0 Å². The van der Waals surface area contributed by atoms with Crippen molar-refractivity contribution in [1.29, 1.82) is 0 Å². The van der Waals surface area contributed by atoms with E-state index in [-0.39, 0.29) is 11.7 Å². The average molecular weight is 310 g/mol. The number of hydrogen-bond acceptors (Lipinski definition) is 1. The van der Waals surface area contributed by atoms with E-state index in [9.17, 15) is 9.18 Å². The van der Waals surface area contributed by atoms with Crippen LogP contribution in [0.4, 0.5) is 4.39 Å². The van der Waals surface area contributed by atoms with Crippen LogP contribution in [0.25, 0.3) is 10.9 Å². The fraction of sp³-hybridized carbons (Fsp3) is 0.211. The van der Waals surface area contributed by atoms with Crippen molar-refractivity contribution in [3.8, 4) is 0 Å². The molecule has 2 aromatic carbocycles. The first-order valence-corrected chi connectivity index (χ1v) is 7.64. The lowest BCUT2D eigenvalue weighted by Crippen LogP contribution is -2.28. The van der Waals surface area contributed by atoms with Crippen molar-refractivity contribution in [1.82, 2.24) is 9.88 Å². The molecule has 1 aromatic heterocycles. The molecule has 0 spiro atoms. The van der Waals surface area contributed by atoms with Crippen molar-refractivity contribution in [3.63, 3.8) is 0 Å². The van der Waals surface area contributed by atoms with E-state index in [0.29, 0.717) is 18.7 Å². The summed E-state index contributed by atoms with van der Waals surface area (Å²) < 4.78 is 14.8. The lowest BCUT2D eigenvalue weighted by molar-refractivity contribution is 0.0946. The van der Waals surface area contributed by atoms with Crippen LogP contribution in [-0.4, -0.2) is 17.0 Å². The normalized spacial score (nSPS) is 10.9. The van der Waals surface area contributed by atoms with Gasteiger partial charge in [-0.25, -0.2) is 4.39 Å². The minimum Gasteiger partial charge on any atom is -0.350 e.